The van der Waals surface area contributed by atoms with Crippen LogP contribution in [0.2, 0.25) is 0 Å². The number of carboxylic acids is 1. The van der Waals surface area contributed by atoms with E-state index in [1.165, 1.54) is 26.0 Å². The fourth-order valence-corrected chi connectivity index (χ4v) is 3.57. The second-order valence-electron chi connectivity index (χ2n) is 4.68. The van der Waals surface area contributed by atoms with Crippen LogP contribution in [0.3, 0.4) is 0 Å². The molecule has 0 radical (unpaired) electrons. The molecule has 0 bridgehead atoms. The maximum absolute atomic E-state index is 12.5. The predicted octanol–water partition coefficient (Wildman–Crippen LogP) is 1.39. The van der Waals surface area contributed by atoms with Gasteiger partial charge in [0.05, 0.1) is 14.2 Å². The summed E-state index contributed by atoms with van der Waals surface area (Å²) in [5.74, 6) is 0.223. The Labute approximate surface area is 126 Å². The minimum atomic E-state index is -1.23. The Morgan fingerprint density at radius 2 is 1.90 bits per heavy atom. The van der Waals surface area contributed by atoms with Crippen LogP contribution in [0.25, 0.3) is 0 Å². The van der Waals surface area contributed by atoms with E-state index in [9.17, 15) is 14.7 Å². The second-order valence-corrected chi connectivity index (χ2v) is 5.79. The van der Waals surface area contributed by atoms with E-state index in [2.05, 4.69) is 5.32 Å². The number of carbonyl (C=O) groups is 2. The lowest BCUT2D eigenvalue weighted by atomic mass is 9.98. The molecule has 2 rings (SSSR count). The monoisotopic (exact) mass is 311 g/mol. The third kappa shape index (κ3) is 2.92. The molecule has 21 heavy (non-hydrogen) atoms. The Bertz CT molecular complexity index is 532. The number of thioether (sulfide) groups is 1. The standard InChI is InChI=1S/C14H17NO5S/c1-19-9-4-3-5-10(20-2)11(9)12(16)15-14(13(17)18)6-7-21-8-14/h3-5H,6-8H2,1-2H3,(H,15,16)(H,17,18). The van der Waals surface area contributed by atoms with Gasteiger partial charge in [-0.3, -0.25) is 4.79 Å². The highest BCUT2D eigenvalue weighted by Crippen LogP contribution is 2.32. The number of hydrogen-bond donors (Lipinski definition) is 2. The summed E-state index contributed by atoms with van der Waals surface area (Å²) in [5, 5.41) is 12.1. The van der Waals surface area contributed by atoms with Crippen molar-refractivity contribution in [2.24, 2.45) is 0 Å². The number of methoxy groups -OCH3 is 2. The lowest BCUT2D eigenvalue weighted by Gasteiger charge is -2.25. The summed E-state index contributed by atoms with van der Waals surface area (Å²) in [4.78, 5) is 24.0. The maximum Gasteiger partial charge on any atom is 0.330 e. The molecule has 1 aromatic carbocycles. The summed E-state index contributed by atoms with van der Waals surface area (Å²) in [6.07, 6.45) is 0.399. The van der Waals surface area contributed by atoms with Crippen molar-refractivity contribution in [2.45, 2.75) is 12.0 Å². The SMILES string of the molecule is COc1cccc(OC)c1C(=O)NC1(C(=O)O)CCSC1. The normalized spacial score (nSPS) is 20.9. The number of carbonyl (C=O) groups excluding carboxylic acids is 1. The van der Waals surface area contributed by atoms with Crippen LogP contribution >= 0.6 is 11.8 Å². The van der Waals surface area contributed by atoms with Crippen molar-refractivity contribution >= 4 is 23.6 Å². The van der Waals surface area contributed by atoms with Crippen molar-refractivity contribution in [2.75, 3.05) is 25.7 Å². The van der Waals surface area contributed by atoms with E-state index in [4.69, 9.17) is 9.47 Å². The van der Waals surface area contributed by atoms with Crippen LogP contribution in [0, 0.1) is 0 Å². The average Bonchev–Trinajstić information content (AvgIpc) is 2.96. The smallest absolute Gasteiger partial charge is 0.330 e. The van der Waals surface area contributed by atoms with Gasteiger partial charge in [-0.1, -0.05) is 6.07 Å². The third-order valence-corrected chi connectivity index (χ3v) is 4.63. The summed E-state index contributed by atoms with van der Waals surface area (Å²) in [7, 11) is 2.90. The molecule has 0 aliphatic carbocycles. The minimum absolute atomic E-state index is 0.208. The summed E-state index contributed by atoms with van der Waals surface area (Å²) in [6.45, 7) is 0. The molecule has 0 aromatic heterocycles. The summed E-state index contributed by atoms with van der Waals surface area (Å²) in [6, 6.07) is 4.97. The molecule has 1 unspecified atom stereocenters. The topological polar surface area (TPSA) is 84.9 Å². The fraction of sp³-hybridized carbons (Fsp3) is 0.429. The van der Waals surface area contributed by atoms with Crippen molar-refractivity contribution in [1.29, 1.82) is 0 Å². The zero-order chi connectivity index (χ0) is 15.5. The van der Waals surface area contributed by atoms with Crippen molar-refractivity contribution in [3.63, 3.8) is 0 Å². The Morgan fingerprint density at radius 1 is 1.29 bits per heavy atom. The first-order valence-electron chi connectivity index (χ1n) is 6.39. The highest BCUT2D eigenvalue weighted by Gasteiger charge is 2.44. The number of aliphatic carboxylic acids is 1. The Hall–Kier alpha value is -1.89. The Morgan fingerprint density at radius 3 is 2.33 bits per heavy atom. The molecule has 1 heterocycles. The van der Waals surface area contributed by atoms with Gasteiger partial charge in [0.1, 0.15) is 22.6 Å². The fourth-order valence-electron chi connectivity index (χ4n) is 2.24. The van der Waals surface area contributed by atoms with Crippen LogP contribution < -0.4 is 14.8 Å². The van der Waals surface area contributed by atoms with E-state index in [0.717, 1.165) is 0 Å². The van der Waals surface area contributed by atoms with Gasteiger partial charge in [0, 0.05) is 5.75 Å². The molecule has 7 heteroatoms. The van der Waals surface area contributed by atoms with Crippen LogP contribution in [-0.4, -0.2) is 48.2 Å². The maximum atomic E-state index is 12.5. The molecule has 1 aromatic rings. The van der Waals surface area contributed by atoms with E-state index < -0.39 is 17.4 Å². The molecule has 1 amide bonds. The number of amides is 1. The minimum Gasteiger partial charge on any atom is -0.496 e. The van der Waals surface area contributed by atoms with Crippen LogP contribution in [0.5, 0.6) is 11.5 Å². The van der Waals surface area contributed by atoms with E-state index in [1.54, 1.807) is 18.2 Å². The van der Waals surface area contributed by atoms with Crippen LogP contribution in [-0.2, 0) is 4.79 Å². The number of carboxylic acid groups (broad SMARTS) is 1. The number of hydrogen-bond acceptors (Lipinski definition) is 5. The van der Waals surface area contributed by atoms with Gasteiger partial charge in [-0.05, 0) is 24.3 Å². The number of rotatable bonds is 5. The Balaban J connectivity index is 2.34. The van der Waals surface area contributed by atoms with Gasteiger partial charge in [-0.15, -0.1) is 0 Å². The second kappa shape index (κ2) is 6.26. The first-order chi connectivity index (χ1) is 10.0. The number of ether oxygens (including phenoxy) is 2. The molecule has 1 aliphatic heterocycles. The molecule has 6 nitrogen and oxygen atoms in total. The number of benzene rings is 1. The van der Waals surface area contributed by atoms with Crippen LogP contribution in [0.1, 0.15) is 16.8 Å². The van der Waals surface area contributed by atoms with Crippen molar-refractivity contribution in [3.8, 4) is 11.5 Å². The molecule has 0 saturated carbocycles. The van der Waals surface area contributed by atoms with Crippen molar-refractivity contribution in [1.82, 2.24) is 5.32 Å². The van der Waals surface area contributed by atoms with E-state index in [0.29, 0.717) is 29.4 Å². The zero-order valence-electron chi connectivity index (χ0n) is 11.8. The van der Waals surface area contributed by atoms with Crippen LogP contribution in [0.15, 0.2) is 18.2 Å². The highest BCUT2D eigenvalue weighted by molar-refractivity contribution is 7.99. The average molecular weight is 311 g/mol. The van der Waals surface area contributed by atoms with Gasteiger partial charge in [-0.2, -0.15) is 11.8 Å². The molecule has 1 saturated heterocycles. The van der Waals surface area contributed by atoms with E-state index in [1.807, 2.05) is 0 Å². The number of nitrogens with one attached hydrogen (secondary N) is 1. The lowest BCUT2D eigenvalue weighted by molar-refractivity contribution is -0.143. The lowest BCUT2D eigenvalue weighted by Crippen LogP contribution is -2.54. The third-order valence-electron chi connectivity index (χ3n) is 3.44. The van der Waals surface area contributed by atoms with Crippen molar-refractivity contribution < 1.29 is 24.2 Å². The van der Waals surface area contributed by atoms with Gasteiger partial charge >= 0.3 is 5.97 Å². The predicted molar refractivity (Wildman–Crippen MR) is 79.3 cm³/mol. The van der Waals surface area contributed by atoms with Gasteiger partial charge in [-0.25, -0.2) is 4.79 Å². The first kappa shape index (κ1) is 15.5. The van der Waals surface area contributed by atoms with Crippen LogP contribution in [0.4, 0.5) is 0 Å². The largest absolute Gasteiger partial charge is 0.496 e. The highest BCUT2D eigenvalue weighted by atomic mass is 32.2. The Kier molecular flexibility index (Phi) is 4.62. The first-order valence-corrected chi connectivity index (χ1v) is 7.54. The summed E-state index contributed by atoms with van der Waals surface area (Å²) < 4.78 is 10.3. The molecule has 0 spiro atoms. The molecule has 1 aliphatic rings. The molecular weight excluding hydrogens is 294 g/mol. The molecule has 1 fully saturated rings. The zero-order valence-corrected chi connectivity index (χ0v) is 12.7. The van der Waals surface area contributed by atoms with E-state index >= 15 is 0 Å². The summed E-state index contributed by atoms with van der Waals surface area (Å²) >= 11 is 1.51. The van der Waals surface area contributed by atoms with E-state index in [-0.39, 0.29) is 5.56 Å². The van der Waals surface area contributed by atoms with Gasteiger partial charge in [0.25, 0.3) is 5.91 Å². The molecule has 1 atom stereocenters. The molecule has 114 valence electrons. The summed E-state index contributed by atoms with van der Waals surface area (Å²) in [5.41, 5.74) is -1.02. The molecule has 2 N–H and O–H groups in total. The van der Waals surface area contributed by atoms with Gasteiger partial charge in [0.15, 0.2) is 0 Å². The van der Waals surface area contributed by atoms with Gasteiger partial charge in [0.2, 0.25) is 0 Å². The van der Waals surface area contributed by atoms with Gasteiger partial charge < -0.3 is 19.9 Å². The molecular formula is C14H17NO5S. The van der Waals surface area contributed by atoms with Crippen molar-refractivity contribution in [3.05, 3.63) is 23.8 Å². The quantitative estimate of drug-likeness (QED) is 0.855.